The summed E-state index contributed by atoms with van der Waals surface area (Å²) in [4.78, 5) is 29.6. The molecule has 1 aromatic heterocycles. The fourth-order valence-corrected chi connectivity index (χ4v) is 2.78. The zero-order valence-electron chi connectivity index (χ0n) is 13.3. The van der Waals surface area contributed by atoms with E-state index in [1.165, 1.54) is 48.7 Å². The van der Waals surface area contributed by atoms with Crippen LogP contribution in [-0.2, 0) is 16.0 Å². The highest BCUT2D eigenvalue weighted by atomic mass is 32.1. The molecule has 1 aromatic carbocycles. The smallest absolute Gasteiger partial charge is 0.357 e. The lowest BCUT2D eigenvalue weighted by Gasteiger charge is -2.21. The first-order chi connectivity index (χ1) is 11.6. The van der Waals surface area contributed by atoms with Crippen LogP contribution in [0, 0.1) is 5.82 Å². The standard InChI is InChI=1S/C16H17FN2O4S/c1-22-8-7-19(15(20)11-5-3-4-6-12(11)17)9-14-18-13(10-24-14)16(21)23-2/h3-6,10H,7-9H2,1-2H3. The number of benzene rings is 1. The maximum Gasteiger partial charge on any atom is 0.357 e. The molecule has 8 heteroatoms. The third-order valence-electron chi connectivity index (χ3n) is 3.23. The number of ether oxygens (including phenoxy) is 2. The number of esters is 1. The Hall–Kier alpha value is -2.32. The van der Waals surface area contributed by atoms with Gasteiger partial charge in [0.15, 0.2) is 5.69 Å². The van der Waals surface area contributed by atoms with Crippen molar-refractivity contribution in [3.05, 3.63) is 51.7 Å². The third kappa shape index (κ3) is 4.36. The largest absolute Gasteiger partial charge is 0.464 e. The van der Waals surface area contributed by atoms with Gasteiger partial charge in [-0.05, 0) is 12.1 Å². The van der Waals surface area contributed by atoms with Crippen molar-refractivity contribution in [2.45, 2.75) is 6.54 Å². The van der Waals surface area contributed by atoms with Gasteiger partial charge in [-0.3, -0.25) is 4.79 Å². The lowest BCUT2D eigenvalue weighted by molar-refractivity contribution is 0.0594. The second-order valence-electron chi connectivity index (χ2n) is 4.82. The average Bonchev–Trinajstić information content (AvgIpc) is 3.06. The Morgan fingerprint density at radius 3 is 2.71 bits per heavy atom. The van der Waals surface area contributed by atoms with E-state index in [-0.39, 0.29) is 24.3 Å². The quantitative estimate of drug-likeness (QED) is 0.716. The molecule has 0 saturated heterocycles. The van der Waals surface area contributed by atoms with Crippen molar-refractivity contribution in [1.82, 2.24) is 9.88 Å². The fraction of sp³-hybridized carbons (Fsp3) is 0.312. The summed E-state index contributed by atoms with van der Waals surface area (Å²) in [5, 5.41) is 2.11. The maximum atomic E-state index is 13.9. The number of carbonyl (C=O) groups excluding carboxylic acids is 2. The van der Waals surface area contributed by atoms with E-state index in [1.54, 1.807) is 11.4 Å². The molecule has 0 unspecified atom stereocenters. The van der Waals surface area contributed by atoms with Gasteiger partial charge in [-0.25, -0.2) is 14.2 Å². The van der Waals surface area contributed by atoms with E-state index in [0.29, 0.717) is 11.6 Å². The van der Waals surface area contributed by atoms with Gasteiger partial charge in [-0.1, -0.05) is 12.1 Å². The van der Waals surface area contributed by atoms with Gasteiger partial charge >= 0.3 is 5.97 Å². The Morgan fingerprint density at radius 2 is 2.04 bits per heavy atom. The summed E-state index contributed by atoms with van der Waals surface area (Å²) in [6.07, 6.45) is 0. The summed E-state index contributed by atoms with van der Waals surface area (Å²) in [5.74, 6) is -1.58. The van der Waals surface area contributed by atoms with E-state index in [4.69, 9.17) is 4.74 Å². The Bertz CT molecular complexity index is 720. The molecular weight excluding hydrogens is 335 g/mol. The lowest BCUT2D eigenvalue weighted by Crippen LogP contribution is -2.34. The van der Waals surface area contributed by atoms with Crippen molar-refractivity contribution in [3.63, 3.8) is 0 Å². The van der Waals surface area contributed by atoms with E-state index in [2.05, 4.69) is 9.72 Å². The predicted molar refractivity (Wildman–Crippen MR) is 86.5 cm³/mol. The molecule has 1 heterocycles. The molecule has 0 spiro atoms. The van der Waals surface area contributed by atoms with Crippen LogP contribution in [0.3, 0.4) is 0 Å². The summed E-state index contributed by atoms with van der Waals surface area (Å²) < 4.78 is 23.5. The minimum atomic E-state index is -0.584. The van der Waals surface area contributed by atoms with Crippen LogP contribution in [0.25, 0.3) is 0 Å². The van der Waals surface area contributed by atoms with Crippen molar-refractivity contribution < 1.29 is 23.5 Å². The van der Waals surface area contributed by atoms with Gasteiger partial charge in [0.25, 0.3) is 5.91 Å². The van der Waals surface area contributed by atoms with Crippen LogP contribution in [0.2, 0.25) is 0 Å². The van der Waals surface area contributed by atoms with Crippen LogP contribution in [-0.4, -0.2) is 49.1 Å². The van der Waals surface area contributed by atoms with Crippen LogP contribution in [0.5, 0.6) is 0 Å². The van der Waals surface area contributed by atoms with Gasteiger partial charge in [-0.15, -0.1) is 11.3 Å². The molecule has 0 radical (unpaired) electrons. The van der Waals surface area contributed by atoms with Gasteiger partial charge in [0.2, 0.25) is 0 Å². The number of methoxy groups -OCH3 is 2. The molecule has 0 bridgehead atoms. The minimum Gasteiger partial charge on any atom is -0.464 e. The number of thiazole rings is 1. The molecule has 0 aliphatic heterocycles. The van der Waals surface area contributed by atoms with Crippen LogP contribution in [0.1, 0.15) is 25.9 Å². The number of amides is 1. The van der Waals surface area contributed by atoms with Gasteiger partial charge in [0.05, 0.1) is 25.8 Å². The van der Waals surface area contributed by atoms with Crippen LogP contribution >= 0.6 is 11.3 Å². The third-order valence-corrected chi connectivity index (χ3v) is 4.06. The zero-order valence-corrected chi connectivity index (χ0v) is 14.1. The van der Waals surface area contributed by atoms with Gasteiger partial charge in [-0.2, -0.15) is 0 Å². The number of carbonyl (C=O) groups is 2. The summed E-state index contributed by atoms with van der Waals surface area (Å²) >= 11 is 1.23. The van der Waals surface area contributed by atoms with Crippen LogP contribution < -0.4 is 0 Å². The second-order valence-corrected chi connectivity index (χ2v) is 5.76. The van der Waals surface area contributed by atoms with Crippen molar-refractivity contribution >= 4 is 23.2 Å². The van der Waals surface area contributed by atoms with Crippen molar-refractivity contribution in [1.29, 1.82) is 0 Å². The highest BCUT2D eigenvalue weighted by Gasteiger charge is 2.21. The second kappa shape index (κ2) is 8.51. The van der Waals surface area contributed by atoms with Crippen molar-refractivity contribution in [3.8, 4) is 0 Å². The number of rotatable bonds is 7. The molecule has 0 aliphatic carbocycles. The number of hydrogen-bond acceptors (Lipinski definition) is 6. The minimum absolute atomic E-state index is 0.0154. The number of nitrogens with zero attached hydrogens (tertiary/aromatic N) is 2. The predicted octanol–water partition coefficient (Wildman–Crippen LogP) is 2.36. The first-order valence-corrected chi connectivity index (χ1v) is 8.00. The van der Waals surface area contributed by atoms with Crippen LogP contribution in [0.15, 0.2) is 29.6 Å². The van der Waals surface area contributed by atoms with E-state index in [9.17, 15) is 14.0 Å². The van der Waals surface area contributed by atoms with Gasteiger partial charge in [0, 0.05) is 19.0 Å². The first-order valence-electron chi connectivity index (χ1n) is 7.12. The highest BCUT2D eigenvalue weighted by molar-refractivity contribution is 7.09. The molecular formula is C16H17FN2O4S. The SMILES string of the molecule is COCCN(Cc1nc(C(=O)OC)cs1)C(=O)c1ccccc1F. The molecule has 2 aromatic rings. The molecule has 1 amide bonds. The van der Waals surface area contributed by atoms with E-state index >= 15 is 0 Å². The molecule has 6 nitrogen and oxygen atoms in total. The first kappa shape index (κ1) is 18.0. The van der Waals surface area contributed by atoms with Gasteiger partial charge < -0.3 is 14.4 Å². The molecule has 0 saturated carbocycles. The summed E-state index contributed by atoms with van der Waals surface area (Å²) in [6, 6.07) is 5.79. The topological polar surface area (TPSA) is 68.7 Å². The van der Waals surface area contributed by atoms with E-state index in [1.807, 2.05) is 0 Å². The van der Waals surface area contributed by atoms with Gasteiger partial charge in [0.1, 0.15) is 10.8 Å². The summed E-state index contributed by atoms with van der Waals surface area (Å²) in [6.45, 7) is 0.727. The number of aromatic nitrogens is 1. The summed E-state index contributed by atoms with van der Waals surface area (Å²) in [5.41, 5.74) is 0.167. The maximum absolute atomic E-state index is 13.9. The fourth-order valence-electron chi connectivity index (χ4n) is 2.00. The normalized spacial score (nSPS) is 10.5. The molecule has 0 atom stereocenters. The average molecular weight is 352 g/mol. The number of halogens is 1. The van der Waals surface area contributed by atoms with Crippen molar-refractivity contribution in [2.75, 3.05) is 27.4 Å². The molecule has 2 rings (SSSR count). The molecule has 0 N–H and O–H groups in total. The Kier molecular flexibility index (Phi) is 6.39. The van der Waals surface area contributed by atoms with E-state index in [0.717, 1.165) is 0 Å². The van der Waals surface area contributed by atoms with E-state index < -0.39 is 17.7 Å². The zero-order chi connectivity index (χ0) is 17.5. The Morgan fingerprint density at radius 1 is 1.29 bits per heavy atom. The monoisotopic (exact) mass is 352 g/mol. The highest BCUT2D eigenvalue weighted by Crippen LogP contribution is 2.16. The Balaban J connectivity index is 2.19. The molecule has 24 heavy (non-hydrogen) atoms. The lowest BCUT2D eigenvalue weighted by atomic mass is 10.2. The van der Waals surface area contributed by atoms with Crippen LogP contribution in [0.4, 0.5) is 4.39 Å². The Labute approximate surface area is 142 Å². The molecule has 128 valence electrons. The molecule has 0 aliphatic rings. The molecule has 0 fully saturated rings. The summed E-state index contributed by atoms with van der Waals surface area (Å²) in [7, 11) is 2.79. The van der Waals surface area contributed by atoms with Crippen molar-refractivity contribution in [2.24, 2.45) is 0 Å². The number of hydrogen-bond donors (Lipinski definition) is 0.